The van der Waals surface area contributed by atoms with Crippen LogP contribution < -0.4 is 4.90 Å². The number of sulfonamides is 1. The second-order valence-electron chi connectivity index (χ2n) is 6.91. The third-order valence-corrected chi connectivity index (χ3v) is 7.63. The van der Waals surface area contributed by atoms with Crippen molar-refractivity contribution in [3.8, 4) is 0 Å². The number of hydrogen-bond donors (Lipinski definition) is 1. The van der Waals surface area contributed by atoms with Gasteiger partial charge in [0.1, 0.15) is 17.8 Å². The SMILES string of the molecule is CCS(=O)(=O)N1CC2[C@@H](C(C)N(C)c3ncnc4[nH]ccc34)[C@@H]2C1. The van der Waals surface area contributed by atoms with E-state index in [0.717, 1.165) is 16.9 Å². The molecule has 0 bridgehead atoms. The number of nitrogens with one attached hydrogen (secondary N) is 1. The zero-order valence-electron chi connectivity index (χ0n) is 14.2. The number of hydrogen-bond acceptors (Lipinski definition) is 5. The molecule has 3 heterocycles. The zero-order valence-corrected chi connectivity index (χ0v) is 15.0. The van der Waals surface area contributed by atoms with Crippen molar-refractivity contribution in [3.05, 3.63) is 18.6 Å². The predicted octanol–water partition coefficient (Wildman–Crippen LogP) is 1.31. The number of nitrogens with zero attached hydrogens (tertiary/aromatic N) is 4. The van der Waals surface area contributed by atoms with E-state index >= 15 is 0 Å². The van der Waals surface area contributed by atoms with Gasteiger partial charge in [0.2, 0.25) is 10.0 Å². The molecule has 0 amide bonds. The summed E-state index contributed by atoms with van der Waals surface area (Å²) in [6.07, 6.45) is 3.46. The van der Waals surface area contributed by atoms with Crippen LogP contribution >= 0.6 is 0 Å². The number of anilines is 1. The van der Waals surface area contributed by atoms with E-state index in [0.29, 0.717) is 36.9 Å². The van der Waals surface area contributed by atoms with Gasteiger partial charge in [0, 0.05) is 32.4 Å². The summed E-state index contributed by atoms with van der Waals surface area (Å²) >= 11 is 0. The summed E-state index contributed by atoms with van der Waals surface area (Å²) in [6, 6.07) is 2.32. The van der Waals surface area contributed by atoms with Crippen LogP contribution in [0.4, 0.5) is 5.82 Å². The zero-order chi connectivity index (χ0) is 17.1. The van der Waals surface area contributed by atoms with Gasteiger partial charge in [-0.3, -0.25) is 0 Å². The Kier molecular flexibility index (Phi) is 3.58. The molecule has 0 radical (unpaired) electrons. The van der Waals surface area contributed by atoms with Crippen LogP contribution in [0.15, 0.2) is 18.6 Å². The fraction of sp³-hybridized carbons (Fsp3) is 0.625. The van der Waals surface area contributed by atoms with Crippen molar-refractivity contribution in [2.24, 2.45) is 17.8 Å². The summed E-state index contributed by atoms with van der Waals surface area (Å²) < 4.78 is 25.7. The highest BCUT2D eigenvalue weighted by molar-refractivity contribution is 7.89. The van der Waals surface area contributed by atoms with Crippen molar-refractivity contribution in [1.29, 1.82) is 0 Å². The lowest BCUT2D eigenvalue weighted by Crippen LogP contribution is -2.38. The highest BCUT2D eigenvalue weighted by Gasteiger charge is 2.60. The number of aromatic nitrogens is 3. The van der Waals surface area contributed by atoms with Crippen molar-refractivity contribution in [2.75, 3.05) is 30.8 Å². The Morgan fingerprint density at radius 3 is 2.75 bits per heavy atom. The highest BCUT2D eigenvalue weighted by atomic mass is 32.2. The molecule has 4 atom stereocenters. The fourth-order valence-electron chi connectivity index (χ4n) is 4.25. The van der Waals surface area contributed by atoms with Gasteiger partial charge < -0.3 is 9.88 Å². The van der Waals surface area contributed by atoms with Gasteiger partial charge in [0.15, 0.2) is 0 Å². The molecule has 2 aliphatic rings. The number of rotatable bonds is 5. The minimum absolute atomic E-state index is 0.193. The molecular weight excluding hydrogens is 326 g/mol. The van der Waals surface area contributed by atoms with Crippen molar-refractivity contribution >= 4 is 26.9 Å². The van der Waals surface area contributed by atoms with E-state index in [1.54, 1.807) is 17.6 Å². The van der Waals surface area contributed by atoms with Crippen LogP contribution in [-0.4, -0.2) is 59.6 Å². The van der Waals surface area contributed by atoms with Crippen molar-refractivity contribution in [2.45, 2.75) is 19.9 Å². The number of H-pyrrole nitrogens is 1. The van der Waals surface area contributed by atoms with Crippen molar-refractivity contribution in [1.82, 2.24) is 19.3 Å². The summed E-state index contributed by atoms with van der Waals surface area (Å²) in [4.78, 5) is 14.0. The first kappa shape index (κ1) is 15.8. The molecule has 0 aromatic carbocycles. The first-order chi connectivity index (χ1) is 11.4. The van der Waals surface area contributed by atoms with Gasteiger partial charge in [-0.2, -0.15) is 0 Å². The second kappa shape index (κ2) is 5.42. The van der Waals surface area contributed by atoms with Crippen LogP contribution in [0.3, 0.4) is 0 Å². The molecule has 4 rings (SSSR count). The largest absolute Gasteiger partial charge is 0.356 e. The summed E-state index contributed by atoms with van der Waals surface area (Å²) in [5.74, 6) is 2.61. The lowest BCUT2D eigenvalue weighted by atomic mass is 10.1. The normalized spacial score (nSPS) is 28.0. The molecule has 1 aliphatic heterocycles. The van der Waals surface area contributed by atoms with Crippen molar-refractivity contribution < 1.29 is 8.42 Å². The average Bonchev–Trinajstić information content (AvgIpc) is 2.98. The molecule has 2 unspecified atom stereocenters. The Balaban J connectivity index is 1.49. The first-order valence-electron chi connectivity index (χ1n) is 8.42. The topological polar surface area (TPSA) is 82.2 Å². The number of fused-ring (bicyclic) bond motifs is 2. The monoisotopic (exact) mass is 349 g/mol. The van der Waals surface area contributed by atoms with E-state index in [4.69, 9.17) is 0 Å². The van der Waals surface area contributed by atoms with Gasteiger partial charge in [-0.05, 0) is 37.7 Å². The molecule has 130 valence electrons. The third-order valence-electron chi connectivity index (χ3n) is 5.82. The smallest absolute Gasteiger partial charge is 0.213 e. The second-order valence-corrected chi connectivity index (χ2v) is 9.17. The molecule has 1 saturated carbocycles. The molecule has 24 heavy (non-hydrogen) atoms. The van der Waals surface area contributed by atoms with Crippen LogP contribution in [-0.2, 0) is 10.0 Å². The molecule has 1 N–H and O–H groups in total. The molecule has 2 aromatic rings. The summed E-state index contributed by atoms with van der Waals surface area (Å²) in [6.45, 7) is 5.27. The number of piperidine rings is 1. The van der Waals surface area contributed by atoms with Crippen LogP contribution in [0, 0.1) is 17.8 Å². The fourth-order valence-corrected chi connectivity index (χ4v) is 5.41. The quantitative estimate of drug-likeness (QED) is 0.880. The summed E-state index contributed by atoms with van der Waals surface area (Å²) in [5, 5.41) is 1.02. The Bertz CT molecular complexity index is 852. The molecule has 1 saturated heterocycles. The lowest BCUT2D eigenvalue weighted by molar-refractivity contribution is 0.390. The predicted molar refractivity (Wildman–Crippen MR) is 93.3 cm³/mol. The summed E-state index contributed by atoms with van der Waals surface area (Å²) in [5.41, 5.74) is 0.843. The Morgan fingerprint density at radius 2 is 2.08 bits per heavy atom. The number of aromatic amines is 1. The molecule has 2 aromatic heterocycles. The van der Waals surface area contributed by atoms with E-state index < -0.39 is 10.0 Å². The molecule has 2 fully saturated rings. The van der Waals surface area contributed by atoms with E-state index in [2.05, 4.69) is 33.8 Å². The van der Waals surface area contributed by atoms with E-state index in [-0.39, 0.29) is 5.75 Å². The van der Waals surface area contributed by atoms with Gasteiger partial charge in [0.25, 0.3) is 0 Å². The molecule has 0 spiro atoms. The van der Waals surface area contributed by atoms with E-state index in [9.17, 15) is 8.42 Å². The van der Waals surface area contributed by atoms with Gasteiger partial charge >= 0.3 is 0 Å². The maximum Gasteiger partial charge on any atom is 0.213 e. The Labute approximate surface area is 142 Å². The highest BCUT2D eigenvalue weighted by Crippen LogP contribution is 2.55. The minimum Gasteiger partial charge on any atom is -0.356 e. The molecule has 1 aliphatic carbocycles. The van der Waals surface area contributed by atoms with Gasteiger partial charge in [-0.1, -0.05) is 0 Å². The minimum atomic E-state index is -3.05. The van der Waals surface area contributed by atoms with E-state index in [1.807, 2.05) is 12.3 Å². The third kappa shape index (κ3) is 2.31. The van der Waals surface area contributed by atoms with Crippen LogP contribution in [0.5, 0.6) is 0 Å². The molecule has 8 heteroatoms. The van der Waals surface area contributed by atoms with Crippen LogP contribution in [0.1, 0.15) is 13.8 Å². The average molecular weight is 349 g/mol. The maximum absolute atomic E-state index is 12.0. The van der Waals surface area contributed by atoms with Crippen LogP contribution in [0.2, 0.25) is 0 Å². The van der Waals surface area contributed by atoms with Crippen LogP contribution in [0.25, 0.3) is 11.0 Å². The standard InChI is InChI=1S/C16H23N5O2S/c1-4-24(22,23)21-7-12-13(8-21)14(12)10(2)20(3)16-11-5-6-17-15(11)18-9-19-16/h5-6,9-10,12-14H,4,7-8H2,1-3H3,(H,17,18,19)/t10?,12-,13?,14+/m1/s1. The Hall–Kier alpha value is -1.67. The van der Waals surface area contributed by atoms with Gasteiger partial charge in [-0.15, -0.1) is 0 Å². The Morgan fingerprint density at radius 1 is 1.38 bits per heavy atom. The maximum atomic E-state index is 12.0. The first-order valence-corrected chi connectivity index (χ1v) is 10.0. The van der Waals surface area contributed by atoms with Gasteiger partial charge in [0.05, 0.1) is 11.1 Å². The van der Waals surface area contributed by atoms with E-state index in [1.165, 1.54) is 0 Å². The molecule has 7 nitrogen and oxygen atoms in total. The van der Waals surface area contributed by atoms with Gasteiger partial charge in [-0.25, -0.2) is 22.7 Å². The lowest BCUT2D eigenvalue weighted by Gasteiger charge is -2.29. The van der Waals surface area contributed by atoms with Crippen molar-refractivity contribution in [3.63, 3.8) is 0 Å². The summed E-state index contributed by atoms with van der Waals surface area (Å²) in [7, 11) is -0.985. The molecular formula is C16H23N5O2S.